The maximum atomic E-state index is 11.8. The van der Waals surface area contributed by atoms with E-state index < -0.39 is 23.9 Å². The SMILES string of the molecule is CCOC(=O)c1cccc(NC(=O)C(N)C(=O)OCC)c1. The van der Waals surface area contributed by atoms with Gasteiger partial charge in [-0.15, -0.1) is 0 Å². The maximum Gasteiger partial charge on any atom is 0.338 e. The Labute approximate surface area is 122 Å². The van der Waals surface area contributed by atoms with Crippen molar-refractivity contribution in [1.82, 2.24) is 0 Å². The number of rotatable bonds is 6. The molecule has 7 heteroatoms. The molecule has 0 fully saturated rings. The van der Waals surface area contributed by atoms with Crippen LogP contribution in [-0.2, 0) is 19.1 Å². The second-order valence-corrected chi connectivity index (χ2v) is 4.02. The molecule has 0 aliphatic rings. The fraction of sp³-hybridized carbons (Fsp3) is 0.357. The molecule has 3 N–H and O–H groups in total. The van der Waals surface area contributed by atoms with Gasteiger partial charge in [-0.05, 0) is 32.0 Å². The van der Waals surface area contributed by atoms with Crippen molar-refractivity contribution in [3.05, 3.63) is 29.8 Å². The van der Waals surface area contributed by atoms with Crippen LogP contribution < -0.4 is 11.1 Å². The Morgan fingerprint density at radius 2 is 1.86 bits per heavy atom. The van der Waals surface area contributed by atoms with Crippen molar-refractivity contribution < 1.29 is 23.9 Å². The van der Waals surface area contributed by atoms with E-state index in [9.17, 15) is 14.4 Å². The number of benzene rings is 1. The molecule has 0 heterocycles. The van der Waals surface area contributed by atoms with E-state index in [1.165, 1.54) is 6.07 Å². The van der Waals surface area contributed by atoms with Crippen LogP contribution in [0.1, 0.15) is 24.2 Å². The third kappa shape index (κ3) is 4.88. The summed E-state index contributed by atoms with van der Waals surface area (Å²) in [4.78, 5) is 34.7. The Hall–Kier alpha value is -2.41. The van der Waals surface area contributed by atoms with Crippen molar-refractivity contribution in [3.63, 3.8) is 0 Å². The van der Waals surface area contributed by atoms with Crippen LogP contribution in [0.4, 0.5) is 5.69 Å². The molecule has 0 bridgehead atoms. The lowest BCUT2D eigenvalue weighted by Gasteiger charge is -2.11. The lowest BCUT2D eigenvalue weighted by atomic mass is 10.2. The molecule has 21 heavy (non-hydrogen) atoms. The average molecular weight is 294 g/mol. The molecule has 0 saturated heterocycles. The maximum absolute atomic E-state index is 11.8. The summed E-state index contributed by atoms with van der Waals surface area (Å²) in [5, 5.41) is 2.45. The predicted molar refractivity (Wildman–Crippen MR) is 75.6 cm³/mol. The van der Waals surface area contributed by atoms with Gasteiger partial charge in [-0.1, -0.05) is 6.07 Å². The molecule has 7 nitrogen and oxygen atoms in total. The molecule has 1 rings (SSSR count). The van der Waals surface area contributed by atoms with E-state index in [0.717, 1.165) is 0 Å². The van der Waals surface area contributed by atoms with Crippen molar-refractivity contribution in [2.45, 2.75) is 19.9 Å². The average Bonchev–Trinajstić information content (AvgIpc) is 2.47. The van der Waals surface area contributed by atoms with Gasteiger partial charge < -0.3 is 20.5 Å². The fourth-order valence-corrected chi connectivity index (χ4v) is 1.50. The summed E-state index contributed by atoms with van der Waals surface area (Å²) in [5.74, 6) is -2.02. The van der Waals surface area contributed by atoms with Crippen molar-refractivity contribution in [2.24, 2.45) is 5.73 Å². The van der Waals surface area contributed by atoms with Gasteiger partial charge in [0.15, 0.2) is 6.04 Å². The monoisotopic (exact) mass is 294 g/mol. The quantitative estimate of drug-likeness (QED) is 0.590. The largest absolute Gasteiger partial charge is 0.464 e. The summed E-state index contributed by atoms with van der Waals surface area (Å²) in [7, 11) is 0. The van der Waals surface area contributed by atoms with E-state index in [1.54, 1.807) is 32.0 Å². The zero-order valence-electron chi connectivity index (χ0n) is 11.9. The first-order valence-corrected chi connectivity index (χ1v) is 6.49. The van der Waals surface area contributed by atoms with Crippen LogP contribution in [0.5, 0.6) is 0 Å². The van der Waals surface area contributed by atoms with Gasteiger partial charge in [0.1, 0.15) is 0 Å². The summed E-state index contributed by atoms with van der Waals surface area (Å²) in [6, 6.07) is 4.72. The molecule has 1 amide bonds. The van der Waals surface area contributed by atoms with Crippen LogP contribution in [0.3, 0.4) is 0 Å². The highest BCUT2D eigenvalue weighted by atomic mass is 16.5. The zero-order chi connectivity index (χ0) is 15.8. The number of carbonyl (C=O) groups is 3. The van der Waals surface area contributed by atoms with E-state index in [1.807, 2.05) is 0 Å². The van der Waals surface area contributed by atoms with Gasteiger partial charge in [0.05, 0.1) is 18.8 Å². The second kappa shape index (κ2) is 8.01. The normalized spacial score (nSPS) is 11.4. The third-order valence-corrected chi connectivity index (χ3v) is 2.46. The number of carbonyl (C=O) groups excluding carboxylic acids is 3. The molecule has 0 saturated carbocycles. The Kier molecular flexibility index (Phi) is 6.35. The molecule has 0 aliphatic heterocycles. The molecule has 114 valence electrons. The number of nitrogens with one attached hydrogen (secondary N) is 1. The van der Waals surface area contributed by atoms with Crippen LogP contribution in [-0.4, -0.2) is 37.1 Å². The standard InChI is InChI=1S/C14H18N2O5/c1-3-20-13(18)9-6-5-7-10(8-9)16-12(17)11(15)14(19)21-4-2/h5-8,11H,3-4,15H2,1-2H3,(H,16,17). The summed E-state index contributed by atoms with van der Waals surface area (Å²) in [5.41, 5.74) is 6.09. The number of esters is 2. The summed E-state index contributed by atoms with van der Waals surface area (Å²) in [6.45, 7) is 3.70. The van der Waals surface area contributed by atoms with E-state index in [2.05, 4.69) is 10.1 Å². The molecule has 1 aromatic carbocycles. The Bertz CT molecular complexity index is 530. The molecule has 1 aromatic rings. The molecule has 0 spiro atoms. The molecule has 0 aromatic heterocycles. The van der Waals surface area contributed by atoms with E-state index in [0.29, 0.717) is 11.3 Å². The van der Waals surface area contributed by atoms with Gasteiger partial charge in [0, 0.05) is 5.69 Å². The molecular formula is C14H18N2O5. The minimum Gasteiger partial charge on any atom is -0.464 e. The third-order valence-electron chi connectivity index (χ3n) is 2.46. The number of anilines is 1. The minimum absolute atomic E-state index is 0.137. The lowest BCUT2D eigenvalue weighted by Crippen LogP contribution is -2.43. The molecular weight excluding hydrogens is 276 g/mol. The van der Waals surface area contributed by atoms with E-state index in [-0.39, 0.29) is 13.2 Å². The fourth-order valence-electron chi connectivity index (χ4n) is 1.50. The van der Waals surface area contributed by atoms with Gasteiger partial charge in [0.25, 0.3) is 5.91 Å². The van der Waals surface area contributed by atoms with E-state index >= 15 is 0 Å². The molecule has 1 atom stereocenters. The minimum atomic E-state index is -1.42. The number of nitrogens with two attached hydrogens (primary N) is 1. The first kappa shape index (κ1) is 16.6. The van der Waals surface area contributed by atoms with Gasteiger partial charge in [0.2, 0.25) is 0 Å². The highest BCUT2D eigenvalue weighted by Gasteiger charge is 2.23. The summed E-state index contributed by atoms with van der Waals surface area (Å²) >= 11 is 0. The number of hydrogen-bond donors (Lipinski definition) is 2. The lowest BCUT2D eigenvalue weighted by molar-refractivity contribution is -0.146. The number of amides is 1. The second-order valence-electron chi connectivity index (χ2n) is 4.02. The van der Waals surface area contributed by atoms with Crippen LogP contribution in [0.25, 0.3) is 0 Å². The summed E-state index contributed by atoms with van der Waals surface area (Å²) < 4.78 is 9.51. The smallest absolute Gasteiger partial charge is 0.338 e. The number of hydrogen-bond acceptors (Lipinski definition) is 6. The van der Waals surface area contributed by atoms with Crippen LogP contribution in [0.2, 0.25) is 0 Å². The molecule has 0 radical (unpaired) electrons. The molecule has 1 unspecified atom stereocenters. The van der Waals surface area contributed by atoms with Crippen LogP contribution in [0.15, 0.2) is 24.3 Å². The topological polar surface area (TPSA) is 108 Å². The first-order valence-electron chi connectivity index (χ1n) is 6.49. The Balaban J connectivity index is 2.74. The Morgan fingerprint density at radius 1 is 1.19 bits per heavy atom. The van der Waals surface area contributed by atoms with Crippen LogP contribution in [0, 0.1) is 0 Å². The van der Waals surface area contributed by atoms with Crippen molar-refractivity contribution in [2.75, 3.05) is 18.5 Å². The molecule has 0 aliphatic carbocycles. The van der Waals surface area contributed by atoms with Gasteiger partial charge in [-0.2, -0.15) is 0 Å². The van der Waals surface area contributed by atoms with Crippen molar-refractivity contribution in [3.8, 4) is 0 Å². The highest BCUT2D eigenvalue weighted by Crippen LogP contribution is 2.12. The van der Waals surface area contributed by atoms with Crippen molar-refractivity contribution >= 4 is 23.5 Å². The van der Waals surface area contributed by atoms with Crippen LogP contribution >= 0.6 is 0 Å². The highest BCUT2D eigenvalue weighted by molar-refractivity contribution is 6.08. The van der Waals surface area contributed by atoms with E-state index in [4.69, 9.17) is 10.5 Å². The van der Waals surface area contributed by atoms with Gasteiger partial charge in [-0.3, -0.25) is 4.79 Å². The first-order chi connectivity index (χ1) is 9.99. The number of ether oxygens (including phenoxy) is 2. The van der Waals surface area contributed by atoms with Crippen molar-refractivity contribution in [1.29, 1.82) is 0 Å². The summed E-state index contributed by atoms with van der Waals surface area (Å²) in [6.07, 6.45) is 0. The zero-order valence-corrected chi connectivity index (χ0v) is 11.9. The van der Waals surface area contributed by atoms with Gasteiger partial charge >= 0.3 is 11.9 Å². The predicted octanol–water partition coefficient (Wildman–Crippen LogP) is 0.692. The van der Waals surface area contributed by atoms with Gasteiger partial charge in [-0.25, -0.2) is 9.59 Å². The Morgan fingerprint density at radius 3 is 2.48 bits per heavy atom.